The van der Waals surface area contributed by atoms with Gasteiger partial charge in [-0.05, 0) is 54.8 Å². The Hall–Kier alpha value is -3.16. The molecule has 2 amide bonds. The zero-order valence-electron chi connectivity index (χ0n) is 17.3. The van der Waals surface area contributed by atoms with Crippen molar-refractivity contribution in [3.63, 3.8) is 0 Å². The van der Waals surface area contributed by atoms with Crippen molar-refractivity contribution in [2.45, 2.75) is 18.4 Å². The summed E-state index contributed by atoms with van der Waals surface area (Å²) in [5.74, 6) is -0.228. The van der Waals surface area contributed by atoms with Crippen LogP contribution in [0.3, 0.4) is 0 Å². The van der Waals surface area contributed by atoms with E-state index in [1.165, 1.54) is 12.3 Å². The summed E-state index contributed by atoms with van der Waals surface area (Å²) in [6.45, 7) is 0.726. The predicted molar refractivity (Wildman–Crippen MR) is 124 cm³/mol. The highest BCUT2D eigenvalue weighted by molar-refractivity contribution is 9.10. The van der Waals surface area contributed by atoms with Crippen LogP contribution in [0.5, 0.6) is 0 Å². The molecule has 7 heteroatoms. The Morgan fingerprint density at radius 1 is 1.00 bits per heavy atom. The second-order valence-corrected chi connectivity index (χ2v) is 8.64. The van der Waals surface area contributed by atoms with E-state index in [-0.39, 0.29) is 17.5 Å². The molecule has 164 valence electrons. The average Bonchev–Trinajstić information content (AvgIpc) is 3.33. The van der Waals surface area contributed by atoms with E-state index >= 15 is 0 Å². The number of hydrogen-bond acceptors (Lipinski definition) is 4. The van der Waals surface area contributed by atoms with Crippen molar-refractivity contribution < 1.29 is 19.1 Å². The van der Waals surface area contributed by atoms with Gasteiger partial charge >= 0.3 is 0 Å². The van der Waals surface area contributed by atoms with Crippen LogP contribution in [0.2, 0.25) is 0 Å². The lowest BCUT2D eigenvalue weighted by Crippen LogP contribution is -2.47. The molecule has 1 aliphatic rings. The van der Waals surface area contributed by atoms with E-state index in [0.717, 1.165) is 10.0 Å². The van der Waals surface area contributed by atoms with Gasteiger partial charge < -0.3 is 19.7 Å². The lowest BCUT2D eigenvalue weighted by Gasteiger charge is -2.38. The van der Waals surface area contributed by atoms with Gasteiger partial charge in [0.25, 0.3) is 11.8 Å². The number of carbonyl (C=O) groups excluding carboxylic acids is 2. The number of benzene rings is 2. The monoisotopic (exact) mass is 494 g/mol. The van der Waals surface area contributed by atoms with Crippen LogP contribution in [0.4, 0.5) is 0 Å². The minimum Gasteiger partial charge on any atom is -0.465 e. The molecule has 0 bridgehead atoms. The lowest BCUT2D eigenvalue weighted by molar-refractivity contribution is -0.131. The molecule has 1 aliphatic heterocycles. The Morgan fingerprint density at radius 2 is 1.69 bits per heavy atom. The molecule has 1 saturated heterocycles. The summed E-state index contributed by atoms with van der Waals surface area (Å²) in [7, 11) is 0. The summed E-state index contributed by atoms with van der Waals surface area (Å²) in [5.41, 5.74) is 0.420. The first-order chi connectivity index (χ1) is 15.4. The van der Waals surface area contributed by atoms with E-state index in [9.17, 15) is 14.7 Å². The third-order valence-electron chi connectivity index (χ3n) is 5.60. The van der Waals surface area contributed by atoms with Gasteiger partial charge in [0.1, 0.15) is 11.5 Å². The molecule has 1 aromatic heterocycles. The number of amides is 2. The van der Waals surface area contributed by atoms with Gasteiger partial charge in [0.2, 0.25) is 0 Å². The van der Waals surface area contributed by atoms with Crippen molar-refractivity contribution in [3.05, 3.63) is 100 Å². The van der Waals surface area contributed by atoms with Gasteiger partial charge in [-0.15, -0.1) is 0 Å². The summed E-state index contributed by atoms with van der Waals surface area (Å²) >= 11 is 3.41. The van der Waals surface area contributed by atoms with Crippen molar-refractivity contribution in [1.82, 2.24) is 10.2 Å². The third kappa shape index (κ3) is 5.00. The van der Waals surface area contributed by atoms with E-state index in [4.69, 9.17) is 4.42 Å². The first-order valence-corrected chi connectivity index (χ1v) is 11.1. The molecular formula is C25H23BrN2O4. The lowest BCUT2D eigenvalue weighted by atomic mass is 9.84. The van der Waals surface area contributed by atoms with Crippen molar-refractivity contribution in [3.8, 4) is 0 Å². The van der Waals surface area contributed by atoms with E-state index in [1.807, 2.05) is 30.3 Å². The Bertz CT molecular complexity index is 1100. The number of rotatable bonds is 5. The number of likely N-dealkylation sites (tertiary alicyclic amines) is 1. The molecule has 2 N–H and O–H groups in total. The molecule has 3 aromatic rings. The smallest absolute Gasteiger partial charge is 0.270 e. The standard InChI is InChI=1S/C25H23BrN2O4/c26-20-10-8-19(9-11-20)25(31)12-14-28(15-13-25)24(30)22(17-21-7-4-16-32-21)27-23(29)18-5-2-1-3-6-18/h1-11,16-17,31H,12-15H2,(H,27,29)/b22-17+. The van der Waals surface area contributed by atoms with Gasteiger partial charge in [-0.25, -0.2) is 0 Å². The number of piperidine rings is 1. The number of halogens is 1. The normalized spacial score (nSPS) is 15.9. The Kier molecular flexibility index (Phi) is 6.58. The molecule has 1 fully saturated rings. The van der Waals surface area contributed by atoms with Crippen LogP contribution in [0.25, 0.3) is 6.08 Å². The van der Waals surface area contributed by atoms with E-state index < -0.39 is 5.60 Å². The molecular weight excluding hydrogens is 472 g/mol. The quantitative estimate of drug-likeness (QED) is 0.517. The number of aliphatic hydroxyl groups is 1. The maximum absolute atomic E-state index is 13.3. The fourth-order valence-corrected chi connectivity index (χ4v) is 4.01. The molecule has 6 nitrogen and oxygen atoms in total. The summed E-state index contributed by atoms with van der Waals surface area (Å²) in [5, 5.41) is 13.9. The summed E-state index contributed by atoms with van der Waals surface area (Å²) in [4.78, 5) is 27.6. The largest absolute Gasteiger partial charge is 0.465 e. The molecule has 0 saturated carbocycles. The van der Waals surface area contributed by atoms with E-state index in [2.05, 4.69) is 21.2 Å². The van der Waals surface area contributed by atoms with Crippen molar-refractivity contribution in [2.75, 3.05) is 13.1 Å². The summed E-state index contributed by atoms with van der Waals surface area (Å²) in [6.07, 6.45) is 3.84. The first kappa shape index (κ1) is 22.0. The maximum Gasteiger partial charge on any atom is 0.270 e. The van der Waals surface area contributed by atoms with Crippen molar-refractivity contribution >= 4 is 33.8 Å². The second kappa shape index (κ2) is 9.54. The topological polar surface area (TPSA) is 82.8 Å². The number of furan rings is 1. The van der Waals surface area contributed by atoms with Gasteiger partial charge in [-0.3, -0.25) is 9.59 Å². The number of nitrogens with one attached hydrogen (secondary N) is 1. The zero-order chi connectivity index (χ0) is 22.6. The van der Waals surface area contributed by atoms with Crippen LogP contribution in [0.1, 0.15) is 34.5 Å². The minimum atomic E-state index is -0.990. The third-order valence-corrected chi connectivity index (χ3v) is 6.13. The van der Waals surface area contributed by atoms with Crippen LogP contribution in [-0.4, -0.2) is 34.9 Å². The van der Waals surface area contributed by atoms with Crippen molar-refractivity contribution in [1.29, 1.82) is 0 Å². The van der Waals surface area contributed by atoms with Gasteiger partial charge in [0, 0.05) is 29.2 Å². The SMILES string of the molecule is O=C(N/C(=C/c1ccco1)C(=O)N1CCC(O)(c2ccc(Br)cc2)CC1)c1ccccc1. The Morgan fingerprint density at radius 3 is 2.31 bits per heavy atom. The molecule has 0 atom stereocenters. The molecule has 0 unspecified atom stereocenters. The molecule has 0 aliphatic carbocycles. The summed E-state index contributed by atoms with van der Waals surface area (Å²) in [6, 6.07) is 19.7. The maximum atomic E-state index is 13.3. The highest BCUT2D eigenvalue weighted by atomic mass is 79.9. The number of nitrogens with zero attached hydrogens (tertiary/aromatic N) is 1. The van der Waals surface area contributed by atoms with Gasteiger partial charge in [0.05, 0.1) is 11.9 Å². The van der Waals surface area contributed by atoms with Crippen LogP contribution in [0, 0.1) is 0 Å². The van der Waals surface area contributed by atoms with E-state index in [1.54, 1.807) is 41.3 Å². The van der Waals surface area contributed by atoms with Gasteiger partial charge in [0.15, 0.2) is 0 Å². The first-order valence-electron chi connectivity index (χ1n) is 10.3. The molecule has 0 radical (unpaired) electrons. The number of carbonyl (C=O) groups is 2. The fourth-order valence-electron chi connectivity index (χ4n) is 3.75. The average molecular weight is 495 g/mol. The second-order valence-electron chi connectivity index (χ2n) is 7.72. The van der Waals surface area contributed by atoms with Crippen LogP contribution >= 0.6 is 15.9 Å². The summed E-state index contributed by atoms with van der Waals surface area (Å²) < 4.78 is 6.29. The van der Waals surface area contributed by atoms with Gasteiger partial charge in [-0.1, -0.05) is 46.3 Å². The van der Waals surface area contributed by atoms with Crippen LogP contribution < -0.4 is 5.32 Å². The highest BCUT2D eigenvalue weighted by Gasteiger charge is 2.36. The van der Waals surface area contributed by atoms with Crippen LogP contribution in [0.15, 0.2) is 87.6 Å². The Labute approximate surface area is 194 Å². The zero-order valence-corrected chi connectivity index (χ0v) is 18.9. The highest BCUT2D eigenvalue weighted by Crippen LogP contribution is 2.33. The fraction of sp³-hybridized carbons (Fsp3) is 0.200. The molecule has 2 heterocycles. The molecule has 2 aromatic carbocycles. The molecule has 32 heavy (non-hydrogen) atoms. The molecule has 4 rings (SSSR count). The van der Waals surface area contributed by atoms with Gasteiger partial charge in [-0.2, -0.15) is 0 Å². The van der Waals surface area contributed by atoms with Crippen molar-refractivity contribution in [2.24, 2.45) is 0 Å². The van der Waals surface area contributed by atoms with Crippen LogP contribution in [-0.2, 0) is 10.4 Å². The Balaban J connectivity index is 1.50. The molecule has 0 spiro atoms. The minimum absolute atomic E-state index is 0.128. The predicted octanol–water partition coefficient (Wildman–Crippen LogP) is 4.32. The number of hydrogen-bond donors (Lipinski definition) is 2. The van der Waals surface area contributed by atoms with E-state index in [0.29, 0.717) is 37.3 Å².